The summed E-state index contributed by atoms with van der Waals surface area (Å²) in [5.41, 5.74) is 2.10. The average molecular weight is 587 g/mol. The van der Waals surface area contributed by atoms with Crippen LogP contribution in [0.4, 0.5) is 11.4 Å². The number of Topliss-reactive ketones (excluding diaryl/α,β-unsaturated/α-hetero) is 2. The zero-order valence-corrected chi connectivity index (χ0v) is 24.4. The standard InChI is InChI=1S/C36H30N2O6/c1-42-24-16-12-22(13-17-24)32(39)31-28-18-14-21-8-4-7-11-27(21)38(28)34(33(40)23-15-19-29(43-2)30(20-23)44-3)36(31)25-9-5-6-10-26(25)37-35(36)41/h4-20,28,31,34H,1-3H3,(H,37,41)/t28?,31-,34+,36+/m0/s1. The Bertz CT molecular complexity index is 1850. The van der Waals surface area contributed by atoms with Gasteiger partial charge in [0.1, 0.15) is 17.2 Å². The molecule has 1 amide bonds. The molecule has 4 aromatic carbocycles. The number of nitrogens with one attached hydrogen (secondary N) is 1. The minimum Gasteiger partial charge on any atom is -0.497 e. The molecule has 8 nitrogen and oxygen atoms in total. The third kappa shape index (κ3) is 3.80. The van der Waals surface area contributed by atoms with Gasteiger partial charge in [-0.05, 0) is 65.7 Å². The molecule has 3 heterocycles. The lowest BCUT2D eigenvalue weighted by Gasteiger charge is -2.37. The van der Waals surface area contributed by atoms with Gasteiger partial charge in [0.05, 0.1) is 33.3 Å². The summed E-state index contributed by atoms with van der Waals surface area (Å²) in [6, 6.07) is 25.3. The maximum Gasteiger partial charge on any atom is 0.238 e. The molecule has 3 aliphatic rings. The highest BCUT2D eigenvalue weighted by Crippen LogP contribution is 2.58. The van der Waals surface area contributed by atoms with Gasteiger partial charge < -0.3 is 24.4 Å². The van der Waals surface area contributed by atoms with Crippen molar-refractivity contribution in [2.24, 2.45) is 5.92 Å². The molecule has 0 aliphatic carbocycles. The molecule has 4 atom stereocenters. The second kappa shape index (κ2) is 10.4. The number of para-hydroxylation sites is 2. The van der Waals surface area contributed by atoms with Gasteiger partial charge in [0.15, 0.2) is 23.1 Å². The van der Waals surface area contributed by atoms with Gasteiger partial charge in [0.25, 0.3) is 0 Å². The number of fused-ring (bicyclic) bond motifs is 5. The van der Waals surface area contributed by atoms with Gasteiger partial charge >= 0.3 is 0 Å². The lowest BCUT2D eigenvalue weighted by Crippen LogP contribution is -2.55. The minimum atomic E-state index is -1.55. The molecule has 1 N–H and O–H groups in total. The van der Waals surface area contributed by atoms with E-state index in [0.717, 1.165) is 11.3 Å². The number of carbonyl (C=O) groups excluding carboxylic acids is 3. The Morgan fingerprint density at radius 1 is 0.773 bits per heavy atom. The maximum atomic E-state index is 15.0. The van der Waals surface area contributed by atoms with E-state index in [1.165, 1.54) is 14.2 Å². The first-order valence-corrected chi connectivity index (χ1v) is 14.3. The van der Waals surface area contributed by atoms with Crippen molar-refractivity contribution in [2.75, 3.05) is 31.5 Å². The van der Waals surface area contributed by atoms with Crippen LogP contribution in [0.2, 0.25) is 0 Å². The zero-order valence-electron chi connectivity index (χ0n) is 24.4. The Kier molecular flexibility index (Phi) is 6.50. The number of anilines is 2. The van der Waals surface area contributed by atoms with E-state index < -0.39 is 23.4 Å². The summed E-state index contributed by atoms with van der Waals surface area (Å²) in [5, 5.41) is 3.04. The summed E-state index contributed by atoms with van der Waals surface area (Å²) in [4.78, 5) is 46.4. The molecule has 8 heteroatoms. The molecule has 0 bridgehead atoms. The Morgan fingerprint density at radius 2 is 1.48 bits per heavy atom. The van der Waals surface area contributed by atoms with E-state index in [1.807, 2.05) is 65.6 Å². The topological polar surface area (TPSA) is 94.2 Å². The molecule has 4 aromatic rings. The third-order valence-corrected chi connectivity index (χ3v) is 9.12. The monoisotopic (exact) mass is 586 g/mol. The van der Waals surface area contributed by atoms with Crippen LogP contribution in [0.25, 0.3) is 6.08 Å². The van der Waals surface area contributed by atoms with Crippen molar-refractivity contribution < 1.29 is 28.6 Å². The quantitative estimate of drug-likeness (QED) is 0.283. The molecule has 44 heavy (non-hydrogen) atoms. The number of hydrogen-bond acceptors (Lipinski definition) is 7. The van der Waals surface area contributed by atoms with Crippen LogP contribution in [-0.2, 0) is 10.2 Å². The molecular weight excluding hydrogens is 556 g/mol. The van der Waals surface area contributed by atoms with Crippen molar-refractivity contribution in [1.29, 1.82) is 0 Å². The lowest BCUT2D eigenvalue weighted by molar-refractivity contribution is -0.121. The van der Waals surface area contributed by atoms with Crippen molar-refractivity contribution in [2.45, 2.75) is 17.5 Å². The molecule has 0 saturated carbocycles. The van der Waals surface area contributed by atoms with E-state index in [9.17, 15) is 9.59 Å². The molecule has 1 saturated heterocycles. The normalized spacial score (nSPS) is 22.6. The Hall–Kier alpha value is -5.37. The van der Waals surface area contributed by atoms with Gasteiger partial charge in [-0.2, -0.15) is 0 Å². The number of nitrogens with zero attached hydrogens (tertiary/aromatic N) is 1. The number of ether oxygens (including phenoxy) is 3. The van der Waals surface area contributed by atoms with Crippen molar-refractivity contribution in [1.82, 2.24) is 0 Å². The molecular formula is C36H30N2O6. The van der Waals surface area contributed by atoms with Crippen LogP contribution < -0.4 is 24.4 Å². The average Bonchev–Trinajstić information content (AvgIpc) is 3.55. The van der Waals surface area contributed by atoms with Crippen LogP contribution in [0, 0.1) is 5.92 Å². The largest absolute Gasteiger partial charge is 0.497 e. The van der Waals surface area contributed by atoms with E-state index in [2.05, 4.69) is 5.32 Å². The van der Waals surface area contributed by atoms with Crippen molar-refractivity contribution >= 4 is 34.9 Å². The summed E-state index contributed by atoms with van der Waals surface area (Å²) < 4.78 is 16.3. The number of methoxy groups -OCH3 is 3. The second-order valence-electron chi connectivity index (χ2n) is 11.1. The first kappa shape index (κ1) is 27.5. The summed E-state index contributed by atoms with van der Waals surface area (Å²) in [6.07, 6.45) is 3.92. The van der Waals surface area contributed by atoms with E-state index in [4.69, 9.17) is 14.2 Å². The smallest absolute Gasteiger partial charge is 0.238 e. The summed E-state index contributed by atoms with van der Waals surface area (Å²) in [6.45, 7) is 0. The molecule has 1 spiro atoms. The van der Waals surface area contributed by atoms with Crippen LogP contribution in [0.3, 0.4) is 0 Å². The van der Waals surface area contributed by atoms with Crippen LogP contribution in [0.5, 0.6) is 17.2 Å². The highest BCUT2D eigenvalue weighted by molar-refractivity contribution is 6.20. The minimum absolute atomic E-state index is 0.235. The van der Waals surface area contributed by atoms with Gasteiger partial charge in [-0.1, -0.05) is 48.6 Å². The molecule has 0 aromatic heterocycles. The van der Waals surface area contributed by atoms with Crippen molar-refractivity contribution in [3.63, 3.8) is 0 Å². The summed E-state index contributed by atoms with van der Waals surface area (Å²) in [5.74, 6) is -0.378. The number of amides is 1. The fourth-order valence-corrected chi connectivity index (χ4v) is 7.22. The number of ketones is 2. The van der Waals surface area contributed by atoms with E-state index in [-0.39, 0.29) is 17.5 Å². The molecule has 1 fully saturated rings. The Balaban J connectivity index is 1.51. The first-order valence-electron chi connectivity index (χ1n) is 14.3. The van der Waals surface area contributed by atoms with E-state index >= 15 is 4.79 Å². The number of carbonyl (C=O) groups is 3. The fraction of sp³-hybridized carbons (Fsp3) is 0.194. The van der Waals surface area contributed by atoms with E-state index in [0.29, 0.717) is 39.6 Å². The molecule has 7 rings (SSSR count). The highest BCUT2D eigenvalue weighted by atomic mass is 16.5. The summed E-state index contributed by atoms with van der Waals surface area (Å²) >= 11 is 0. The van der Waals surface area contributed by atoms with Crippen LogP contribution in [0.15, 0.2) is 97.1 Å². The number of rotatable bonds is 7. The lowest BCUT2D eigenvalue weighted by atomic mass is 9.63. The molecule has 3 aliphatic heterocycles. The highest BCUT2D eigenvalue weighted by Gasteiger charge is 2.71. The van der Waals surface area contributed by atoms with Crippen molar-refractivity contribution in [3.05, 3.63) is 119 Å². The predicted molar refractivity (Wildman–Crippen MR) is 167 cm³/mol. The number of benzene rings is 4. The van der Waals surface area contributed by atoms with Crippen molar-refractivity contribution in [3.8, 4) is 17.2 Å². The van der Waals surface area contributed by atoms with Crippen LogP contribution >= 0.6 is 0 Å². The van der Waals surface area contributed by atoms with Crippen LogP contribution in [-0.4, -0.2) is 50.9 Å². The van der Waals surface area contributed by atoms with Crippen LogP contribution in [0.1, 0.15) is 31.8 Å². The molecule has 0 radical (unpaired) electrons. The molecule has 1 unspecified atom stereocenters. The SMILES string of the molecule is COc1ccc(C(=O)[C@@H]2C3C=Cc4ccccc4N3[C@H](C(=O)c3ccc(OC)c(OC)c3)[C@]23C(=O)Nc2ccccc23)cc1. The second-order valence-corrected chi connectivity index (χ2v) is 11.1. The van der Waals surface area contributed by atoms with Gasteiger partial charge in [-0.15, -0.1) is 0 Å². The Morgan fingerprint density at radius 3 is 2.23 bits per heavy atom. The van der Waals surface area contributed by atoms with E-state index in [1.54, 1.807) is 49.6 Å². The summed E-state index contributed by atoms with van der Waals surface area (Å²) in [7, 11) is 4.60. The van der Waals surface area contributed by atoms with Gasteiger partial charge in [0, 0.05) is 22.5 Å². The van der Waals surface area contributed by atoms with Gasteiger partial charge in [-0.25, -0.2) is 0 Å². The fourth-order valence-electron chi connectivity index (χ4n) is 7.22. The zero-order chi connectivity index (χ0) is 30.6. The van der Waals surface area contributed by atoms with Gasteiger partial charge in [-0.3, -0.25) is 14.4 Å². The Labute approximate surface area is 254 Å². The predicted octanol–water partition coefficient (Wildman–Crippen LogP) is 5.57. The maximum absolute atomic E-state index is 15.0. The number of hydrogen-bond donors (Lipinski definition) is 1. The van der Waals surface area contributed by atoms with Gasteiger partial charge in [0.2, 0.25) is 5.91 Å². The first-order chi connectivity index (χ1) is 21.4. The third-order valence-electron chi connectivity index (χ3n) is 9.12. The molecule has 220 valence electrons.